The first-order valence-electron chi connectivity index (χ1n) is 8.63. The van der Waals surface area contributed by atoms with Gasteiger partial charge in [0.2, 0.25) is 0 Å². The van der Waals surface area contributed by atoms with E-state index >= 15 is 0 Å². The van der Waals surface area contributed by atoms with Crippen LogP contribution in [0.1, 0.15) is 18.5 Å². The lowest BCUT2D eigenvalue weighted by Crippen LogP contribution is -2.36. The van der Waals surface area contributed by atoms with Gasteiger partial charge in [0.1, 0.15) is 11.6 Å². The van der Waals surface area contributed by atoms with Gasteiger partial charge in [0.15, 0.2) is 0 Å². The first kappa shape index (κ1) is 18.1. The van der Waals surface area contributed by atoms with Crippen molar-refractivity contribution >= 4 is 17.5 Å². The Morgan fingerprint density at radius 1 is 1.27 bits per heavy atom. The van der Waals surface area contributed by atoms with Gasteiger partial charge in [-0.25, -0.2) is 14.2 Å². The van der Waals surface area contributed by atoms with Gasteiger partial charge in [0, 0.05) is 25.7 Å². The summed E-state index contributed by atoms with van der Waals surface area (Å²) >= 11 is 0. The van der Waals surface area contributed by atoms with Crippen molar-refractivity contribution in [2.24, 2.45) is 0 Å². The molecule has 0 radical (unpaired) electrons. The Morgan fingerprint density at radius 2 is 2.00 bits per heavy atom. The number of halogens is 1. The van der Waals surface area contributed by atoms with E-state index in [1.807, 2.05) is 12.1 Å². The Bertz CT molecular complexity index is 747. The Balaban J connectivity index is 1.62. The number of hydrogen-bond acceptors (Lipinski definition) is 4. The molecule has 1 N–H and O–H groups in total. The third-order valence-electron chi connectivity index (χ3n) is 4.59. The molecule has 1 fully saturated rings. The molecule has 0 bridgehead atoms. The third-order valence-corrected chi connectivity index (χ3v) is 4.59. The fourth-order valence-electron chi connectivity index (χ4n) is 2.85. The second-order valence-corrected chi connectivity index (χ2v) is 6.24. The summed E-state index contributed by atoms with van der Waals surface area (Å²) in [5, 5.41) is 2.80. The molecule has 0 spiro atoms. The standard InChI is InChI=1S/C19H23FN4O2/c1-14(16-5-3-4-6-17(16)20)23(2)19(25)22-15-7-8-18(21-13-15)24-9-11-26-12-10-24/h3-8,13-14H,9-12H2,1-2H3,(H,22,25). The monoisotopic (exact) mass is 358 g/mol. The summed E-state index contributed by atoms with van der Waals surface area (Å²) in [6.45, 7) is 4.79. The van der Waals surface area contributed by atoms with Crippen LogP contribution < -0.4 is 10.2 Å². The zero-order chi connectivity index (χ0) is 18.5. The lowest BCUT2D eigenvalue weighted by atomic mass is 10.1. The summed E-state index contributed by atoms with van der Waals surface area (Å²) in [6.07, 6.45) is 1.63. The minimum Gasteiger partial charge on any atom is -0.378 e. The molecule has 1 aromatic heterocycles. The summed E-state index contributed by atoms with van der Waals surface area (Å²) in [5.41, 5.74) is 1.07. The van der Waals surface area contributed by atoms with Crippen LogP contribution in [0.4, 0.5) is 20.7 Å². The van der Waals surface area contributed by atoms with Crippen LogP contribution in [-0.2, 0) is 4.74 Å². The highest BCUT2D eigenvalue weighted by molar-refractivity contribution is 5.89. The zero-order valence-corrected chi connectivity index (χ0v) is 15.0. The van der Waals surface area contributed by atoms with Crippen molar-refractivity contribution in [1.82, 2.24) is 9.88 Å². The number of carbonyl (C=O) groups is 1. The maximum atomic E-state index is 13.9. The Kier molecular flexibility index (Phi) is 5.68. The van der Waals surface area contributed by atoms with Gasteiger partial charge in [0.25, 0.3) is 0 Å². The molecule has 1 saturated heterocycles. The van der Waals surface area contributed by atoms with E-state index in [4.69, 9.17) is 4.74 Å². The molecule has 2 heterocycles. The Labute approximate surface area is 152 Å². The first-order valence-corrected chi connectivity index (χ1v) is 8.63. The number of ether oxygens (including phenoxy) is 1. The molecule has 1 unspecified atom stereocenters. The number of urea groups is 1. The van der Waals surface area contributed by atoms with Crippen molar-refractivity contribution in [3.8, 4) is 0 Å². The number of benzene rings is 1. The minimum absolute atomic E-state index is 0.318. The van der Waals surface area contributed by atoms with E-state index in [0.717, 1.165) is 18.9 Å². The molecule has 1 aliphatic rings. The first-order chi connectivity index (χ1) is 12.6. The van der Waals surface area contributed by atoms with E-state index in [9.17, 15) is 9.18 Å². The van der Waals surface area contributed by atoms with Gasteiger partial charge in [-0.1, -0.05) is 18.2 Å². The van der Waals surface area contributed by atoms with Gasteiger partial charge < -0.3 is 19.9 Å². The summed E-state index contributed by atoms with van der Waals surface area (Å²) in [7, 11) is 1.64. The average molecular weight is 358 g/mol. The number of morpholine rings is 1. The van der Waals surface area contributed by atoms with Crippen LogP contribution in [0.3, 0.4) is 0 Å². The van der Waals surface area contributed by atoms with E-state index < -0.39 is 6.04 Å². The number of aromatic nitrogens is 1. The maximum Gasteiger partial charge on any atom is 0.322 e. The van der Waals surface area contributed by atoms with Crippen molar-refractivity contribution in [2.75, 3.05) is 43.6 Å². The van der Waals surface area contributed by atoms with Crippen LogP contribution in [0.2, 0.25) is 0 Å². The van der Waals surface area contributed by atoms with E-state index in [2.05, 4.69) is 15.2 Å². The van der Waals surface area contributed by atoms with Gasteiger partial charge in [0.05, 0.1) is 31.1 Å². The number of rotatable bonds is 4. The van der Waals surface area contributed by atoms with Gasteiger partial charge in [-0.05, 0) is 25.1 Å². The van der Waals surface area contributed by atoms with Crippen LogP contribution in [0.5, 0.6) is 0 Å². The van der Waals surface area contributed by atoms with E-state index in [1.165, 1.54) is 11.0 Å². The van der Waals surface area contributed by atoms with Crippen LogP contribution >= 0.6 is 0 Å². The largest absolute Gasteiger partial charge is 0.378 e. The number of hydrogen-bond donors (Lipinski definition) is 1. The molecule has 3 rings (SSSR count). The molecule has 6 nitrogen and oxygen atoms in total. The lowest BCUT2D eigenvalue weighted by Gasteiger charge is -2.28. The second-order valence-electron chi connectivity index (χ2n) is 6.24. The Hall–Kier alpha value is -2.67. The molecule has 0 saturated carbocycles. The van der Waals surface area contributed by atoms with Gasteiger partial charge in [-0.15, -0.1) is 0 Å². The van der Waals surface area contributed by atoms with Crippen molar-refractivity contribution in [3.05, 3.63) is 54.0 Å². The molecular weight excluding hydrogens is 335 g/mol. The molecular formula is C19H23FN4O2. The van der Waals surface area contributed by atoms with E-state index in [-0.39, 0.29) is 11.8 Å². The third kappa shape index (κ3) is 4.11. The van der Waals surface area contributed by atoms with Crippen molar-refractivity contribution in [2.45, 2.75) is 13.0 Å². The fourth-order valence-corrected chi connectivity index (χ4v) is 2.85. The van der Waals surface area contributed by atoms with Crippen molar-refractivity contribution in [3.63, 3.8) is 0 Å². The number of nitrogens with one attached hydrogen (secondary N) is 1. The average Bonchev–Trinajstić information content (AvgIpc) is 2.68. The van der Waals surface area contributed by atoms with Crippen molar-refractivity contribution in [1.29, 1.82) is 0 Å². The number of anilines is 2. The van der Waals surface area contributed by atoms with Gasteiger partial charge >= 0.3 is 6.03 Å². The quantitative estimate of drug-likeness (QED) is 0.911. The predicted molar refractivity (Wildman–Crippen MR) is 98.9 cm³/mol. The molecule has 2 amide bonds. The zero-order valence-electron chi connectivity index (χ0n) is 15.0. The maximum absolute atomic E-state index is 13.9. The summed E-state index contributed by atoms with van der Waals surface area (Å²) in [5.74, 6) is 0.538. The lowest BCUT2D eigenvalue weighted by molar-refractivity contribution is 0.122. The number of pyridine rings is 1. The highest BCUT2D eigenvalue weighted by Crippen LogP contribution is 2.22. The summed E-state index contributed by atoms with van der Waals surface area (Å²) < 4.78 is 19.3. The molecule has 0 aliphatic carbocycles. The summed E-state index contributed by atoms with van der Waals surface area (Å²) in [6, 6.07) is 9.45. The highest BCUT2D eigenvalue weighted by atomic mass is 19.1. The molecule has 7 heteroatoms. The van der Waals surface area contributed by atoms with Crippen molar-refractivity contribution < 1.29 is 13.9 Å². The minimum atomic E-state index is -0.392. The second kappa shape index (κ2) is 8.14. The molecule has 1 aliphatic heterocycles. The molecule has 26 heavy (non-hydrogen) atoms. The van der Waals surface area contributed by atoms with Gasteiger partial charge in [-0.2, -0.15) is 0 Å². The number of nitrogens with zero attached hydrogens (tertiary/aromatic N) is 3. The molecule has 138 valence electrons. The van der Waals surface area contributed by atoms with Crippen LogP contribution in [0, 0.1) is 5.82 Å². The van der Waals surface area contributed by atoms with E-state index in [0.29, 0.717) is 24.5 Å². The van der Waals surface area contributed by atoms with Crippen LogP contribution in [0.25, 0.3) is 0 Å². The van der Waals surface area contributed by atoms with E-state index in [1.54, 1.807) is 38.4 Å². The normalized spacial score (nSPS) is 15.4. The van der Waals surface area contributed by atoms with Crippen LogP contribution in [0.15, 0.2) is 42.6 Å². The number of carbonyl (C=O) groups excluding carboxylic acids is 1. The molecule has 1 atom stereocenters. The molecule has 1 aromatic carbocycles. The SMILES string of the molecule is CC(c1ccccc1F)N(C)C(=O)Nc1ccc(N2CCOCC2)nc1. The molecule has 2 aromatic rings. The smallest absolute Gasteiger partial charge is 0.322 e. The highest BCUT2D eigenvalue weighted by Gasteiger charge is 2.20. The Morgan fingerprint density at radius 3 is 2.65 bits per heavy atom. The van der Waals surface area contributed by atoms with Crippen LogP contribution in [-0.4, -0.2) is 49.3 Å². The summed E-state index contributed by atoms with van der Waals surface area (Å²) in [4.78, 5) is 20.5. The topological polar surface area (TPSA) is 57.7 Å². The fraction of sp³-hybridized carbons (Fsp3) is 0.368. The van der Waals surface area contributed by atoms with Gasteiger partial charge in [-0.3, -0.25) is 0 Å². The number of amides is 2. The predicted octanol–water partition coefficient (Wildman–Crippen LogP) is 3.28.